The average Bonchev–Trinajstić information content (AvgIpc) is 2.41. The van der Waals surface area contributed by atoms with E-state index in [1.807, 2.05) is 7.05 Å². The molecule has 2 rings (SSSR count). The topological polar surface area (TPSA) is 66.6 Å². The lowest BCUT2D eigenvalue weighted by molar-refractivity contribution is 0.144. The summed E-state index contributed by atoms with van der Waals surface area (Å²) < 4.78 is 27.1. The highest BCUT2D eigenvalue weighted by molar-refractivity contribution is 7.89. The Balaban J connectivity index is 2.33. The first-order chi connectivity index (χ1) is 9.36. The SMILES string of the molecule is CCC1CN(S(=O)(=O)c2cc(N)ccc2C)CCN1C. The molecule has 0 bridgehead atoms. The second kappa shape index (κ2) is 5.71. The molecular formula is C14H23N3O2S. The van der Waals surface area contributed by atoms with E-state index in [4.69, 9.17) is 5.73 Å². The summed E-state index contributed by atoms with van der Waals surface area (Å²) in [7, 11) is -1.41. The third kappa shape index (κ3) is 2.82. The molecule has 1 aromatic carbocycles. The zero-order valence-corrected chi connectivity index (χ0v) is 13.2. The Hall–Kier alpha value is -1.11. The summed E-state index contributed by atoms with van der Waals surface area (Å²) in [6.45, 7) is 5.73. The minimum Gasteiger partial charge on any atom is -0.399 e. The molecule has 1 aromatic rings. The van der Waals surface area contributed by atoms with Crippen molar-refractivity contribution in [3.8, 4) is 0 Å². The Bertz CT molecular complexity index is 586. The lowest BCUT2D eigenvalue weighted by Gasteiger charge is -2.38. The van der Waals surface area contributed by atoms with Crippen LogP contribution in [0.1, 0.15) is 18.9 Å². The molecule has 1 unspecified atom stereocenters. The van der Waals surface area contributed by atoms with Crippen molar-refractivity contribution in [3.63, 3.8) is 0 Å². The highest BCUT2D eigenvalue weighted by atomic mass is 32.2. The molecule has 1 aliphatic heterocycles. The molecule has 0 spiro atoms. The minimum absolute atomic E-state index is 0.278. The van der Waals surface area contributed by atoms with Gasteiger partial charge >= 0.3 is 0 Å². The van der Waals surface area contributed by atoms with E-state index in [0.717, 1.165) is 18.5 Å². The molecule has 0 radical (unpaired) electrons. The molecule has 1 aliphatic rings. The van der Waals surface area contributed by atoms with Gasteiger partial charge in [0.05, 0.1) is 4.90 Å². The molecule has 1 saturated heterocycles. The number of sulfonamides is 1. The molecule has 0 aliphatic carbocycles. The van der Waals surface area contributed by atoms with Crippen LogP contribution < -0.4 is 5.73 Å². The zero-order valence-electron chi connectivity index (χ0n) is 12.3. The van der Waals surface area contributed by atoms with Gasteiger partial charge in [0.1, 0.15) is 0 Å². The fourth-order valence-corrected chi connectivity index (χ4v) is 4.34. The fourth-order valence-electron chi connectivity index (χ4n) is 2.61. The maximum atomic E-state index is 12.8. The van der Waals surface area contributed by atoms with Crippen LogP contribution in [0.15, 0.2) is 23.1 Å². The van der Waals surface area contributed by atoms with Crippen LogP contribution in [-0.4, -0.2) is 50.3 Å². The summed E-state index contributed by atoms with van der Waals surface area (Å²) in [5.41, 5.74) is 6.96. The van der Waals surface area contributed by atoms with Gasteiger partial charge in [0, 0.05) is 31.4 Å². The summed E-state index contributed by atoms with van der Waals surface area (Å²) in [6, 6.07) is 5.33. The predicted octanol–water partition coefficient (Wildman–Crippen LogP) is 1.29. The van der Waals surface area contributed by atoms with E-state index in [0.29, 0.717) is 23.7 Å². The van der Waals surface area contributed by atoms with Crippen molar-refractivity contribution in [2.24, 2.45) is 0 Å². The molecule has 2 N–H and O–H groups in total. The molecule has 20 heavy (non-hydrogen) atoms. The molecular weight excluding hydrogens is 274 g/mol. The third-order valence-electron chi connectivity index (χ3n) is 4.04. The standard InChI is InChI=1S/C14H23N3O2S/c1-4-13-10-17(8-7-16(13)3)20(18,19)14-9-12(15)6-5-11(14)2/h5-6,9,13H,4,7-8,10,15H2,1-3H3. The van der Waals surface area contributed by atoms with Gasteiger partial charge in [-0.25, -0.2) is 8.42 Å². The van der Waals surface area contributed by atoms with E-state index in [1.54, 1.807) is 29.4 Å². The van der Waals surface area contributed by atoms with Gasteiger partial charge in [0.15, 0.2) is 0 Å². The highest BCUT2D eigenvalue weighted by Gasteiger charge is 2.32. The molecule has 1 heterocycles. The van der Waals surface area contributed by atoms with Gasteiger partial charge in [-0.3, -0.25) is 0 Å². The summed E-state index contributed by atoms with van der Waals surface area (Å²) in [5, 5.41) is 0. The molecule has 112 valence electrons. The average molecular weight is 297 g/mol. The van der Waals surface area contributed by atoms with Crippen molar-refractivity contribution in [3.05, 3.63) is 23.8 Å². The Morgan fingerprint density at radius 2 is 2.05 bits per heavy atom. The van der Waals surface area contributed by atoms with Crippen molar-refractivity contribution in [2.45, 2.75) is 31.2 Å². The second-order valence-electron chi connectivity index (χ2n) is 5.43. The Kier molecular flexibility index (Phi) is 4.36. The Morgan fingerprint density at radius 1 is 1.35 bits per heavy atom. The van der Waals surface area contributed by atoms with Crippen molar-refractivity contribution in [1.82, 2.24) is 9.21 Å². The van der Waals surface area contributed by atoms with E-state index in [2.05, 4.69) is 11.8 Å². The molecule has 5 nitrogen and oxygen atoms in total. The van der Waals surface area contributed by atoms with Gasteiger partial charge in [-0.2, -0.15) is 4.31 Å². The number of rotatable bonds is 3. The maximum Gasteiger partial charge on any atom is 0.243 e. The van der Waals surface area contributed by atoms with Gasteiger partial charge < -0.3 is 10.6 Å². The molecule has 1 fully saturated rings. The lowest BCUT2D eigenvalue weighted by Crippen LogP contribution is -2.52. The third-order valence-corrected chi connectivity index (χ3v) is 6.05. The maximum absolute atomic E-state index is 12.8. The van der Waals surface area contributed by atoms with Crippen LogP contribution in [-0.2, 0) is 10.0 Å². The smallest absolute Gasteiger partial charge is 0.243 e. The van der Waals surface area contributed by atoms with Gasteiger partial charge in [-0.1, -0.05) is 13.0 Å². The minimum atomic E-state index is -3.45. The number of hydrogen-bond donors (Lipinski definition) is 1. The predicted molar refractivity (Wildman–Crippen MR) is 81.1 cm³/mol. The van der Waals surface area contributed by atoms with Crippen LogP contribution in [0.5, 0.6) is 0 Å². The van der Waals surface area contributed by atoms with Crippen LogP contribution in [0.4, 0.5) is 5.69 Å². The molecule has 1 atom stereocenters. The fraction of sp³-hybridized carbons (Fsp3) is 0.571. The zero-order chi connectivity index (χ0) is 14.9. The van der Waals surface area contributed by atoms with Crippen molar-refractivity contribution >= 4 is 15.7 Å². The van der Waals surface area contributed by atoms with Crippen molar-refractivity contribution in [1.29, 1.82) is 0 Å². The summed E-state index contributed by atoms with van der Waals surface area (Å²) >= 11 is 0. The van der Waals surface area contributed by atoms with E-state index < -0.39 is 10.0 Å². The Labute approximate surface area is 121 Å². The first kappa shape index (κ1) is 15.3. The van der Waals surface area contributed by atoms with Crippen LogP contribution in [0.25, 0.3) is 0 Å². The quantitative estimate of drug-likeness (QED) is 0.854. The first-order valence-corrected chi connectivity index (χ1v) is 8.36. The molecule has 0 saturated carbocycles. The van der Waals surface area contributed by atoms with E-state index in [-0.39, 0.29) is 6.04 Å². The number of benzene rings is 1. The number of nitrogens with zero attached hydrogens (tertiary/aromatic N) is 2. The first-order valence-electron chi connectivity index (χ1n) is 6.92. The van der Waals surface area contributed by atoms with Crippen LogP contribution in [0.2, 0.25) is 0 Å². The van der Waals surface area contributed by atoms with E-state index >= 15 is 0 Å². The van der Waals surface area contributed by atoms with Gasteiger partial charge in [0.25, 0.3) is 0 Å². The molecule has 6 heteroatoms. The summed E-state index contributed by atoms with van der Waals surface area (Å²) in [6.07, 6.45) is 0.943. The summed E-state index contributed by atoms with van der Waals surface area (Å²) in [4.78, 5) is 2.55. The number of likely N-dealkylation sites (N-methyl/N-ethyl adjacent to an activating group) is 1. The molecule has 0 aromatic heterocycles. The lowest BCUT2D eigenvalue weighted by atomic mass is 10.1. The normalized spacial score (nSPS) is 22.1. The van der Waals surface area contributed by atoms with Crippen LogP contribution in [0, 0.1) is 6.92 Å². The van der Waals surface area contributed by atoms with Gasteiger partial charge in [-0.15, -0.1) is 0 Å². The van der Waals surface area contributed by atoms with Crippen LogP contribution >= 0.6 is 0 Å². The monoisotopic (exact) mass is 297 g/mol. The number of nitrogen functional groups attached to an aromatic ring is 1. The van der Waals surface area contributed by atoms with Gasteiger partial charge in [-0.05, 0) is 38.1 Å². The van der Waals surface area contributed by atoms with E-state index in [1.165, 1.54) is 0 Å². The molecule has 0 amide bonds. The number of anilines is 1. The van der Waals surface area contributed by atoms with Gasteiger partial charge in [0.2, 0.25) is 10.0 Å². The second-order valence-corrected chi connectivity index (χ2v) is 7.34. The van der Waals surface area contributed by atoms with Crippen LogP contribution in [0.3, 0.4) is 0 Å². The number of hydrogen-bond acceptors (Lipinski definition) is 4. The number of piperazine rings is 1. The van der Waals surface area contributed by atoms with E-state index in [9.17, 15) is 8.42 Å². The number of aryl methyl sites for hydroxylation is 1. The highest BCUT2D eigenvalue weighted by Crippen LogP contribution is 2.24. The largest absolute Gasteiger partial charge is 0.399 e. The Morgan fingerprint density at radius 3 is 2.70 bits per heavy atom. The summed E-state index contributed by atoms with van der Waals surface area (Å²) in [5.74, 6) is 0. The van der Waals surface area contributed by atoms with Crippen molar-refractivity contribution < 1.29 is 8.42 Å². The number of nitrogens with two attached hydrogens (primary N) is 1. The van der Waals surface area contributed by atoms with Crippen molar-refractivity contribution in [2.75, 3.05) is 32.4 Å².